The first kappa shape index (κ1) is 14.5. The minimum atomic E-state index is 0.756. The van der Waals surface area contributed by atoms with E-state index in [-0.39, 0.29) is 0 Å². The van der Waals surface area contributed by atoms with Crippen molar-refractivity contribution in [3.05, 3.63) is 96.6 Å². The summed E-state index contributed by atoms with van der Waals surface area (Å²) >= 11 is 0. The van der Waals surface area contributed by atoms with Crippen molar-refractivity contribution in [2.45, 2.75) is 6.54 Å². The van der Waals surface area contributed by atoms with E-state index in [4.69, 9.17) is 4.98 Å². The van der Waals surface area contributed by atoms with Crippen molar-refractivity contribution in [3.63, 3.8) is 0 Å². The average Bonchev–Trinajstić information content (AvgIpc) is 2.67. The molecule has 4 rings (SSSR count). The Morgan fingerprint density at radius 3 is 2.17 bits per heavy atom. The van der Waals surface area contributed by atoms with Gasteiger partial charge in [0.2, 0.25) is 0 Å². The Labute approximate surface area is 141 Å². The number of anilines is 1. The van der Waals surface area contributed by atoms with Crippen LogP contribution < -0.4 is 5.32 Å². The third-order valence-electron chi connectivity index (χ3n) is 4.11. The summed E-state index contributed by atoms with van der Waals surface area (Å²) in [4.78, 5) is 4.86. The quantitative estimate of drug-likeness (QED) is 0.537. The molecule has 2 nitrogen and oxygen atoms in total. The molecule has 4 aromatic rings. The number of rotatable bonds is 4. The van der Waals surface area contributed by atoms with Crippen molar-refractivity contribution in [2.75, 3.05) is 5.32 Å². The SMILES string of the molecule is c1ccc(CNc2nc3ccccc3cc2-c2ccccc2)cc1. The van der Waals surface area contributed by atoms with Crippen molar-refractivity contribution in [3.8, 4) is 11.1 Å². The Hall–Kier alpha value is -3.13. The summed E-state index contributed by atoms with van der Waals surface area (Å²) in [5, 5.41) is 4.66. The van der Waals surface area contributed by atoms with Gasteiger partial charge in [0.1, 0.15) is 5.82 Å². The first-order valence-electron chi connectivity index (χ1n) is 8.13. The number of benzene rings is 3. The standard InChI is InChI=1S/C22H18N2/c1-3-9-17(10-4-1)16-23-22-20(18-11-5-2-6-12-18)15-19-13-7-8-14-21(19)24-22/h1-15H,16H2,(H,23,24). The topological polar surface area (TPSA) is 24.9 Å². The van der Waals surface area contributed by atoms with E-state index < -0.39 is 0 Å². The fourth-order valence-corrected chi connectivity index (χ4v) is 2.87. The molecule has 0 aliphatic carbocycles. The number of para-hydroxylation sites is 1. The Balaban J connectivity index is 1.77. The van der Waals surface area contributed by atoms with Gasteiger partial charge >= 0.3 is 0 Å². The zero-order chi connectivity index (χ0) is 16.2. The molecule has 1 N–H and O–H groups in total. The second-order valence-electron chi connectivity index (χ2n) is 5.78. The van der Waals surface area contributed by atoms with E-state index in [1.807, 2.05) is 18.2 Å². The second kappa shape index (κ2) is 6.55. The Kier molecular flexibility index (Phi) is 3.95. The number of hydrogen-bond donors (Lipinski definition) is 1. The molecule has 116 valence electrons. The van der Waals surface area contributed by atoms with Gasteiger partial charge in [-0.3, -0.25) is 0 Å². The van der Waals surface area contributed by atoms with Crippen LogP contribution in [0.1, 0.15) is 5.56 Å². The molecule has 1 aromatic heterocycles. The van der Waals surface area contributed by atoms with Gasteiger partial charge in [0, 0.05) is 17.5 Å². The highest BCUT2D eigenvalue weighted by atomic mass is 15.0. The van der Waals surface area contributed by atoms with Gasteiger partial charge in [-0.15, -0.1) is 0 Å². The summed E-state index contributed by atoms with van der Waals surface area (Å²) < 4.78 is 0. The van der Waals surface area contributed by atoms with Crippen molar-refractivity contribution >= 4 is 16.7 Å². The van der Waals surface area contributed by atoms with E-state index in [0.717, 1.165) is 28.8 Å². The van der Waals surface area contributed by atoms with Crippen molar-refractivity contribution in [1.29, 1.82) is 0 Å². The minimum absolute atomic E-state index is 0.756. The Bertz CT molecular complexity index is 947. The molecule has 0 bridgehead atoms. The highest BCUT2D eigenvalue weighted by molar-refractivity contribution is 5.89. The lowest BCUT2D eigenvalue weighted by atomic mass is 10.0. The smallest absolute Gasteiger partial charge is 0.134 e. The molecule has 0 radical (unpaired) electrons. The summed E-state index contributed by atoms with van der Waals surface area (Å²) in [5.74, 6) is 0.920. The molecule has 0 aliphatic rings. The zero-order valence-electron chi connectivity index (χ0n) is 13.3. The Morgan fingerprint density at radius 2 is 1.38 bits per heavy atom. The second-order valence-corrected chi connectivity index (χ2v) is 5.78. The van der Waals surface area contributed by atoms with E-state index in [9.17, 15) is 0 Å². The van der Waals surface area contributed by atoms with Crippen LogP contribution >= 0.6 is 0 Å². The van der Waals surface area contributed by atoms with Gasteiger partial charge in [-0.2, -0.15) is 0 Å². The van der Waals surface area contributed by atoms with Crippen molar-refractivity contribution in [1.82, 2.24) is 4.98 Å². The maximum Gasteiger partial charge on any atom is 0.134 e. The predicted octanol–water partition coefficient (Wildman–Crippen LogP) is 5.51. The van der Waals surface area contributed by atoms with Crippen LogP contribution in [-0.4, -0.2) is 4.98 Å². The monoisotopic (exact) mass is 310 g/mol. The van der Waals surface area contributed by atoms with E-state index >= 15 is 0 Å². The molecule has 0 atom stereocenters. The molecular weight excluding hydrogens is 292 g/mol. The molecule has 0 amide bonds. The number of hydrogen-bond acceptors (Lipinski definition) is 2. The molecule has 0 saturated heterocycles. The van der Waals surface area contributed by atoms with Gasteiger partial charge in [0.05, 0.1) is 5.52 Å². The number of aromatic nitrogens is 1. The maximum atomic E-state index is 4.86. The lowest BCUT2D eigenvalue weighted by Gasteiger charge is -2.13. The fraction of sp³-hybridized carbons (Fsp3) is 0.0455. The zero-order valence-corrected chi connectivity index (χ0v) is 13.3. The summed E-state index contributed by atoms with van der Waals surface area (Å²) in [5.41, 5.74) is 4.55. The molecule has 0 saturated carbocycles. The van der Waals surface area contributed by atoms with E-state index in [2.05, 4.69) is 78.1 Å². The van der Waals surface area contributed by atoms with Gasteiger partial charge in [-0.25, -0.2) is 4.98 Å². The largest absolute Gasteiger partial charge is 0.365 e. The van der Waals surface area contributed by atoms with Crippen LogP contribution in [-0.2, 0) is 6.54 Å². The number of fused-ring (bicyclic) bond motifs is 1. The van der Waals surface area contributed by atoms with E-state index in [1.54, 1.807) is 0 Å². The maximum absolute atomic E-state index is 4.86. The van der Waals surface area contributed by atoms with Gasteiger partial charge < -0.3 is 5.32 Å². The van der Waals surface area contributed by atoms with Gasteiger partial charge in [-0.05, 0) is 23.3 Å². The van der Waals surface area contributed by atoms with Crippen LogP contribution in [0.15, 0.2) is 91.0 Å². The predicted molar refractivity (Wildman–Crippen MR) is 101 cm³/mol. The van der Waals surface area contributed by atoms with E-state index in [0.29, 0.717) is 0 Å². The van der Waals surface area contributed by atoms with Crippen LogP contribution in [0.5, 0.6) is 0 Å². The first-order chi connectivity index (χ1) is 11.9. The molecule has 24 heavy (non-hydrogen) atoms. The third kappa shape index (κ3) is 2.99. The van der Waals surface area contributed by atoms with Gasteiger partial charge in [-0.1, -0.05) is 78.9 Å². The number of pyridine rings is 1. The minimum Gasteiger partial charge on any atom is -0.365 e. The molecule has 0 fully saturated rings. The Morgan fingerprint density at radius 1 is 0.708 bits per heavy atom. The van der Waals surface area contributed by atoms with Crippen LogP contribution in [0.4, 0.5) is 5.82 Å². The third-order valence-corrected chi connectivity index (χ3v) is 4.11. The summed E-state index contributed by atoms with van der Waals surface area (Å²) in [7, 11) is 0. The van der Waals surface area contributed by atoms with Gasteiger partial charge in [0.15, 0.2) is 0 Å². The van der Waals surface area contributed by atoms with Crippen LogP contribution in [0, 0.1) is 0 Å². The number of nitrogens with one attached hydrogen (secondary N) is 1. The summed E-state index contributed by atoms with van der Waals surface area (Å²) in [6.07, 6.45) is 0. The van der Waals surface area contributed by atoms with Gasteiger partial charge in [0.25, 0.3) is 0 Å². The van der Waals surface area contributed by atoms with Crippen LogP contribution in [0.2, 0.25) is 0 Å². The number of nitrogens with zero attached hydrogens (tertiary/aromatic N) is 1. The van der Waals surface area contributed by atoms with Crippen LogP contribution in [0.25, 0.3) is 22.0 Å². The molecule has 0 unspecified atom stereocenters. The van der Waals surface area contributed by atoms with E-state index in [1.165, 1.54) is 11.1 Å². The van der Waals surface area contributed by atoms with Crippen LogP contribution in [0.3, 0.4) is 0 Å². The molecule has 3 aromatic carbocycles. The fourth-order valence-electron chi connectivity index (χ4n) is 2.87. The average molecular weight is 310 g/mol. The normalized spacial score (nSPS) is 10.7. The lowest BCUT2D eigenvalue weighted by molar-refractivity contribution is 1.12. The first-order valence-corrected chi connectivity index (χ1v) is 8.13. The molecule has 1 heterocycles. The molecule has 0 aliphatic heterocycles. The summed E-state index contributed by atoms with van der Waals surface area (Å²) in [6.45, 7) is 0.756. The molecule has 2 heteroatoms. The summed E-state index contributed by atoms with van der Waals surface area (Å²) in [6, 6.07) is 31.3. The molecular formula is C22H18N2. The highest BCUT2D eigenvalue weighted by Crippen LogP contribution is 2.30. The molecule has 0 spiro atoms. The van der Waals surface area contributed by atoms with Crippen molar-refractivity contribution < 1.29 is 0 Å². The lowest BCUT2D eigenvalue weighted by Crippen LogP contribution is -2.03. The highest BCUT2D eigenvalue weighted by Gasteiger charge is 2.09. The van der Waals surface area contributed by atoms with Crippen molar-refractivity contribution in [2.24, 2.45) is 0 Å².